The van der Waals surface area contributed by atoms with Gasteiger partial charge in [-0.1, -0.05) is 54.9 Å². The predicted octanol–water partition coefficient (Wildman–Crippen LogP) is 4.75. The van der Waals surface area contributed by atoms with Crippen LogP contribution in [0.5, 0.6) is 5.75 Å². The van der Waals surface area contributed by atoms with E-state index in [1.165, 1.54) is 6.33 Å². The maximum absolute atomic E-state index is 13.0. The van der Waals surface area contributed by atoms with Crippen molar-refractivity contribution in [1.82, 2.24) is 14.8 Å². The molecule has 8 heteroatoms. The molecule has 1 aromatic heterocycles. The number of nitrogens with zero attached hydrogens (tertiary/aromatic N) is 3. The van der Waals surface area contributed by atoms with Crippen molar-refractivity contribution in [1.29, 1.82) is 0 Å². The van der Waals surface area contributed by atoms with Crippen LogP contribution < -0.4 is 10.1 Å². The van der Waals surface area contributed by atoms with Gasteiger partial charge in [0.15, 0.2) is 0 Å². The van der Waals surface area contributed by atoms with E-state index in [1.807, 2.05) is 62.4 Å². The first-order valence-corrected chi connectivity index (χ1v) is 10.5. The van der Waals surface area contributed by atoms with Gasteiger partial charge in [-0.2, -0.15) is 10.1 Å². The summed E-state index contributed by atoms with van der Waals surface area (Å²) in [5.74, 6) is 0.790. The van der Waals surface area contributed by atoms with Gasteiger partial charge in [-0.25, -0.2) is 9.48 Å². The van der Waals surface area contributed by atoms with Gasteiger partial charge in [0.25, 0.3) is 0 Å². The molecule has 0 aliphatic carbocycles. The van der Waals surface area contributed by atoms with E-state index >= 15 is 0 Å². The van der Waals surface area contributed by atoms with Crippen molar-refractivity contribution in [3.63, 3.8) is 0 Å². The van der Waals surface area contributed by atoms with Crippen LogP contribution in [0.25, 0.3) is 0 Å². The Balaban J connectivity index is 1.73. The highest BCUT2D eigenvalue weighted by Gasteiger charge is 2.35. The van der Waals surface area contributed by atoms with Gasteiger partial charge in [0.1, 0.15) is 24.7 Å². The van der Waals surface area contributed by atoms with Crippen LogP contribution in [0.15, 0.2) is 66.1 Å². The maximum atomic E-state index is 13.0. The van der Waals surface area contributed by atoms with Crippen molar-refractivity contribution < 1.29 is 14.3 Å². The lowest BCUT2D eigenvalue weighted by atomic mass is 9.95. The van der Waals surface area contributed by atoms with E-state index in [0.717, 1.165) is 17.5 Å². The molecule has 0 saturated heterocycles. The quantitative estimate of drug-likeness (QED) is 0.536. The van der Waals surface area contributed by atoms with E-state index in [4.69, 9.17) is 21.1 Å². The number of rotatable bonds is 7. The fourth-order valence-corrected chi connectivity index (χ4v) is 3.71. The van der Waals surface area contributed by atoms with Crippen LogP contribution in [-0.4, -0.2) is 27.3 Å². The third-order valence-electron chi connectivity index (χ3n) is 5.01. The molecule has 1 unspecified atom stereocenters. The van der Waals surface area contributed by atoms with E-state index in [2.05, 4.69) is 15.4 Å². The Morgan fingerprint density at radius 2 is 1.97 bits per heavy atom. The van der Waals surface area contributed by atoms with Crippen molar-refractivity contribution in [2.24, 2.45) is 0 Å². The van der Waals surface area contributed by atoms with Crippen LogP contribution in [0.2, 0.25) is 5.02 Å². The Morgan fingerprint density at radius 3 is 2.77 bits per heavy atom. The lowest BCUT2D eigenvalue weighted by molar-refractivity contribution is -0.139. The van der Waals surface area contributed by atoms with Gasteiger partial charge < -0.3 is 14.8 Å². The van der Waals surface area contributed by atoms with E-state index < -0.39 is 6.04 Å². The first-order chi connectivity index (χ1) is 15.1. The number of aromatic nitrogens is 3. The number of ether oxygens (including phenoxy) is 2. The first-order valence-electron chi connectivity index (χ1n) is 10.1. The Hall–Kier alpha value is -3.32. The highest BCUT2D eigenvalue weighted by Crippen LogP contribution is 2.39. The largest absolute Gasteiger partial charge is 0.488 e. The highest BCUT2D eigenvalue weighted by atomic mass is 35.5. The Bertz CT molecular complexity index is 1130. The van der Waals surface area contributed by atoms with E-state index in [9.17, 15) is 4.79 Å². The molecule has 1 atom stereocenters. The molecule has 1 aliphatic heterocycles. The SMILES string of the molecule is CCCOC(=O)C1=C(C)Nc2ncnn2C1c1ccccc1OCc1ccccc1Cl. The lowest BCUT2D eigenvalue weighted by Crippen LogP contribution is -2.30. The lowest BCUT2D eigenvalue weighted by Gasteiger charge is -2.29. The van der Waals surface area contributed by atoms with Crippen LogP contribution in [0.1, 0.15) is 37.4 Å². The van der Waals surface area contributed by atoms with Crippen LogP contribution >= 0.6 is 11.6 Å². The number of carbonyl (C=O) groups excluding carboxylic acids is 1. The molecule has 3 aromatic rings. The average Bonchev–Trinajstić information content (AvgIpc) is 3.24. The highest BCUT2D eigenvalue weighted by molar-refractivity contribution is 6.31. The molecule has 1 aliphatic rings. The third-order valence-corrected chi connectivity index (χ3v) is 5.37. The summed E-state index contributed by atoms with van der Waals surface area (Å²) in [6.07, 6.45) is 2.19. The second-order valence-corrected chi connectivity index (χ2v) is 7.56. The molecule has 31 heavy (non-hydrogen) atoms. The zero-order valence-electron chi connectivity index (χ0n) is 17.3. The normalized spacial score (nSPS) is 15.3. The molecular weight excluding hydrogens is 416 g/mol. The van der Waals surface area contributed by atoms with Gasteiger partial charge >= 0.3 is 5.97 Å². The van der Waals surface area contributed by atoms with Crippen LogP contribution in [0.3, 0.4) is 0 Å². The summed E-state index contributed by atoms with van der Waals surface area (Å²) < 4.78 is 13.3. The fourth-order valence-electron chi connectivity index (χ4n) is 3.52. The molecular formula is C23H23ClN4O3. The number of benzene rings is 2. The number of para-hydroxylation sites is 1. The van der Waals surface area contributed by atoms with Crippen LogP contribution in [0.4, 0.5) is 5.95 Å². The number of fused-ring (bicyclic) bond motifs is 1. The average molecular weight is 439 g/mol. The number of halogens is 1. The summed E-state index contributed by atoms with van der Waals surface area (Å²) in [6, 6.07) is 14.6. The van der Waals surface area contributed by atoms with Crippen molar-refractivity contribution >= 4 is 23.5 Å². The summed E-state index contributed by atoms with van der Waals surface area (Å²) in [7, 11) is 0. The molecule has 0 spiro atoms. The molecule has 160 valence electrons. The van der Waals surface area contributed by atoms with Crippen LogP contribution in [0, 0.1) is 0 Å². The Morgan fingerprint density at radius 1 is 1.19 bits per heavy atom. The van der Waals surface area contributed by atoms with E-state index in [1.54, 1.807) is 4.68 Å². The zero-order valence-corrected chi connectivity index (χ0v) is 18.1. The number of carbonyl (C=O) groups is 1. The number of nitrogens with one attached hydrogen (secondary N) is 1. The third kappa shape index (κ3) is 4.27. The summed E-state index contributed by atoms with van der Waals surface area (Å²) >= 11 is 6.28. The number of anilines is 1. The Labute approximate surface area is 185 Å². The molecule has 2 heterocycles. The molecule has 0 amide bonds. The molecule has 7 nitrogen and oxygen atoms in total. The van der Waals surface area contributed by atoms with Crippen molar-refractivity contribution in [2.75, 3.05) is 11.9 Å². The van der Waals surface area contributed by atoms with E-state index in [-0.39, 0.29) is 5.97 Å². The predicted molar refractivity (Wildman–Crippen MR) is 118 cm³/mol. The maximum Gasteiger partial charge on any atom is 0.338 e. The van der Waals surface area contributed by atoms with E-state index in [0.29, 0.717) is 41.2 Å². The van der Waals surface area contributed by atoms with Crippen molar-refractivity contribution in [2.45, 2.75) is 32.9 Å². The minimum Gasteiger partial charge on any atom is -0.488 e. The minimum atomic E-state index is -0.537. The number of hydrogen-bond acceptors (Lipinski definition) is 6. The second kappa shape index (κ2) is 9.22. The molecule has 2 aromatic carbocycles. The summed E-state index contributed by atoms with van der Waals surface area (Å²) in [5.41, 5.74) is 2.80. The number of hydrogen-bond donors (Lipinski definition) is 1. The van der Waals surface area contributed by atoms with Crippen LogP contribution in [-0.2, 0) is 16.1 Å². The van der Waals surface area contributed by atoms with Gasteiger partial charge in [0.2, 0.25) is 5.95 Å². The van der Waals surface area contributed by atoms with Gasteiger partial charge in [0, 0.05) is 21.8 Å². The molecule has 4 rings (SSSR count). The molecule has 0 saturated carbocycles. The topological polar surface area (TPSA) is 78.3 Å². The number of allylic oxidation sites excluding steroid dienone is 1. The second-order valence-electron chi connectivity index (χ2n) is 7.15. The summed E-state index contributed by atoms with van der Waals surface area (Å²) in [5, 5.41) is 8.14. The van der Waals surface area contributed by atoms with Gasteiger partial charge in [-0.3, -0.25) is 0 Å². The smallest absolute Gasteiger partial charge is 0.338 e. The molecule has 1 N–H and O–H groups in total. The van der Waals surface area contributed by atoms with Gasteiger partial charge in [0.05, 0.1) is 12.2 Å². The fraction of sp³-hybridized carbons (Fsp3) is 0.261. The van der Waals surface area contributed by atoms with Gasteiger partial charge in [-0.15, -0.1) is 0 Å². The zero-order chi connectivity index (χ0) is 21.8. The molecule has 0 bridgehead atoms. The first kappa shape index (κ1) is 20.9. The Kier molecular flexibility index (Phi) is 6.23. The minimum absolute atomic E-state index is 0.296. The van der Waals surface area contributed by atoms with Crippen molar-refractivity contribution in [3.8, 4) is 5.75 Å². The van der Waals surface area contributed by atoms with Crippen molar-refractivity contribution in [3.05, 3.63) is 82.3 Å². The number of esters is 1. The molecule has 0 radical (unpaired) electrons. The summed E-state index contributed by atoms with van der Waals surface area (Å²) in [4.78, 5) is 17.2. The monoisotopic (exact) mass is 438 g/mol. The van der Waals surface area contributed by atoms with Gasteiger partial charge in [-0.05, 0) is 25.5 Å². The standard InChI is InChI=1S/C23H23ClN4O3/c1-3-12-30-22(29)20-15(2)27-23-25-14-26-28(23)21(20)17-9-5-7-11-19(17)31-13-16-8-4-6-10-18(16)24/h4-11,14,21H,3,12-13H2,1-2H3,(H,25,26,27). The molecule has 0 fully saturated rings. The summed E-state index contributed by atoms with van der Waals surface area (Å²) in [6.45, 7) is 4.43.